The Kier molecular flexibility index (Phi) is 5.70. The summed E-state index contributed by atoms with van der Waals surface area (Å²) in [5.74, 6) is 0.329. The molecule has 1 unspecified atom stereocenters. The molecule has 1 atom stereocenters. The highest BCUT2D eigenvalue weighted by molar-refractivity contribution is 5.96. The molecule has 0 spiro atoms. The van der Waals surface area contributed by atoms with Gasteiger partial charge in [0.15, 0.2) is 0 Å². The number of benzene rings is 2. The van der Waals surface area contributed by atoms with Gasteiger partial charge in [-0.15, -0.1) is 0 Å². The minimum atomic E-state index is -0.352. The molecular formula is C23H25N3O4. The zero-order valence-corrected chi connectivity index (χ0v) is 17.0. The minimum absolute atomic E-state index is 0.0205. The van der Waals surface area contributed by atoms with E-state index in [1.807, 2.05) is 30.3 Å². The number of rotatable bonds is 6. The Morgan fingerprint density at radius 3 is 2.73 bits per heavy atom. The molecule has 2 saturated heterocycles. The average molecular weight is 407 g/mol. The first-order valence-corrected chi connectivity index (χ1v) is 10.1. The Bertz CT molecular complexity index is 960. The van der Waals surface area contributed by atoms with Crippen molar-refractivity contribution in [2.45, 2.75) is 32.0 Å². The summed E-state index contributed by atoms with van der Waals surface area (Å²) in [6, 6.07) is 14.5. The van der Waals surface area contributed by atoms with Crippen molar-refractivity contribution in [1.29, 1.82) is 0 Å². The van der Waals surface area contributed by atoms with E-state index in [-0.39, 0.29) is 36.9 Å². The quantitative estimate of drug-likeness (QED) is 0.794. The molecule has 0 aromatic heterocycles. The zero-order chi connectivity index (χ0) is 21.1. The number of methoxy groups -OCH3 is 1. The molecular weight excluding hydrogens is 382 g/mol. The van der Waals surface area contributed by atoms with Gasteiger partial charge in [-0.3, -0.25) is 14.4 Å². The zero-order valence-electron chi connectivity index (χ0n) is 17.0. The normalized spacial score (nSPS) is 18.4. The van der Waals surface area contributed by atoms with E-state index in [1.54, 1.807) is 35.1 Å². The third-order valence-corrected chi connectivity index (χ3v) is 5.70. The summed E-state index contributed by atoms with van der Waals surface area (Å²) in [7, 11) is 1.55. The van der Waals surface area contributed by atoms with Crippen molar-refractivity contribution in [3.05, 3.63) is 65.2 Å². The lowest BCUT2D eigenvalue weighted by Gasteiger charge is -2.36. The van der Waals surface area contributed by atoms with Crippen LogP contribution in [0.25, 0.3) is 0 Å². The summed E-state index contributed by atoms with van der Waals surface area (Å²) < 4.78 is 5.43. The van der Waals surface area contributed by atoms with Gasteiger partial charge in [0.2, 0.25) is 11.8 Å². The Labute approximate surface area is 175 Å². The molecule has 1 N–H and O–H groups in total. The third kappa shape index (κ3) is 4.01. The molecule has 4 rings (SSSR count). The van der Waals surface area contributed by atoms with Crippen molar-refractivity contribution in [2.24, 2.45) is 0 Å². The van der Waals surface area contributed by atoms with Crippen LogP contribution in [0.2, 0.25) is 0 Å². The van der Waals surface area contributed by atoms with Crippen molar-refractivity contribution in [1.82, 2.24) is 15.1 Å². The number of nitrogens with zero attached hydrogens (tertiary/aromatic N) is 2. The smallest absolute Gasteiger partial charge is 0.251 e. The second-order valence-corrected chi connectivity index (χ2v) is 7.63. The summed E-state index contributed by atoms with van der Waals surface area (Å²) in [4.78, 5) is 41.1. The third-order valence-electron chi connectivity index (χ3n) is 5.70. The number of ether oxygens (including phenoxy) is 1. The maximum atomic E-state index is 12.8. The van der Waals surface area contributed by atoms with E-state index >= 15 is 0 Å². The fourth-order valence-corrected chi connectivity index (χ4v) is 4.13. The van der Waals surface area contributed by atoms with Gasteiger partial charge in [-0.25, -0.2) is 0 Å². The van der Waals surface area contributed by atoms with Gasteiger partial charge in [-0.2, -0.15) is 0 Å². The van der Waals surface area contributed by atoms with Gasteiger partial charge < -0.3 is 19.9 Å². The van der Waals surface area contributed by atoms with Crippen molar-refractivity contribution >= 4 is 17.7 Å². The largest absolute Gasteiger partial charge is 0.496 e. The van der Waals surface area contributed by atoms with Crippen LogP contribution in [0.4, 0.5) is 0 Å². The maximum absolute atomic E-state index is 12.8. The predicted octanol–water partition coefficient (Wildman–Crippen LogP) is 1.96. The van der Waals surface area contributed by atoms with Crippen LogP contribution in [0, 0.1) is 0 Å². The Morgan fingerprint density at radius 1 is 1.17 bits per heavy atom. The minimum Gasteiger partial charge on any atom is -0.496 e. The molecule has 156 valence electrons. The molecule has 2 heterocycles. The average Bonchev–Trinajstić information content (AvgIpc) is 3.27. The number of hydrogen-bond acceptors (Lipinski definition) is 4. The lowest BCUT2D eigenvalue weighted by atomic mass is 10.1. The van der Waals surface area contributed by atoms with Gasteiger partial charge in [-0.1, -0.05) is 30.3 Å². The van der Waals surface area contributed by atoms with Gasteiger partial charge in [0.05, 0.1) is 7.11 Å². The summed E-state index contributed by atoms with van der Waals surface area (Å²) in [5.41, 5.74) is 2.20. The highest BCUT2D eigenvalue weighted by Crippen LogP contribution is 2.27. The highest BCUT2D eigenvalue weighted by Gasteiger charge is 2.41. The SMILES string of the molecule is COc1ccc(C(=O)NCc2ccccc2)cc1CN1CC(=O)N2CCCC2C1=O. The van der Waals surface area contributed by atoms with Crippen molar-refractivity contribution in [2.75, 3.05) is 20.2 Å². The standard InChI is InChI=1S/C23H25N3O4/c1-30-20-10-9-17(22(28)24-13-16-6-3-2-4-7-16)12-18(20)14-25-15-21(27)26-11-5-8-19(26)23(25)29/h2-4,6-7,9-10,12,19H,5,8,11,13-15H2,1H3,(H,24,28). The number of hydrogen-bond donors (Lipinski definition) is 1. The molecule has 30 heavy (non-hydrogen) atoms. The molecule has 7 nitrogen and oxygen atoms in total. The molecule has 0 bridgehead atoms. The fraction of sp³-hybridized carbons (Fsp3) is 0.348. The van der Waals surface area contributed by atoms with Gasteiger partial charge in [-0.05, 0) is 36.6 Å². The second-order valence-electron chi connectivity index (χ2n) is 7.63. The van der Waals surface area contributed by atoms with Crippen molar-refractivity contribution < 1.29 is 19.1 Å². The first-order chi connectivity index (χ1) is 14.6. The van der Waals surface area contributed by atoms with E-state index in [4.69, 9.17) is 4.74 Å². The number of fused-ring (bicyclic) bond motifs is 1. The Hall–Kier alpha value is -3.35. The van der Waals surface area contributed by atoms with Crippen LogP contribution in [0.5, 0.6) is 5.75 Å². The van der Waals surface area contributed by atoms with E-state index in [0.29, 0.717) is 36.4 Å². The van der Waals surface area contributed by atoms with Crippen LogP contribution < -0.4 is 10.1 Å². The molecule has 2 aliphatic rings. The molecule has 2 aromatic carbocycles. The summed E-state index contributed by atoms with van der Waals surface area (Å²) >= 11 is 0. The van der Waals surface area contributed by atoms with Crippen LogP contribution in [0.3, 0.4) is 0 Å². The lowest BCUT2D eigenvalue weighted by Crippen LogP contribution is -2.56. The summed E-state index contributed by atoms with van der Waals surface area (Å²) in [6.07, 6.45) is 1.57. The molecule has 0 saturated carbocycles. The van der Waals surface area contributed by atoms with Crippen molar-refractivity contribution in [3.8, 4) is 5.75 Å². The number of carbonyl (C=O) groups excluding carboxylic acids is 3. The Morgan fingerprint density at radius 2 is 1.97 bits per heavy atom. The van der Waals surface area contributed by atoms with E-state index in [0.717, 1.165) is 12.0 Å². The fourth-order valence-electron chi connectivity index (χ4n) is 4.13. The predicted molar refractivity (Wildman–Crippen MR) is 111 cm³/mol. The molecule has 0 radical (unpaired) electrons. The maximum Gasteiger partial charge on any atom is 0.251 e. The molecule has 2 aliphatic heterocycles. The Balaban J connectivity index is 1.49. The highest BCUT2D eigenvalue weighted by atomic mass is 16.5. The monoisotopic (exact) mass is 407 g/mol. The molecule has 0 aliphatic carbocycles. The van der Waals surface area contributed by atoms with Crippen molar-refractivity contribution in [3.63, 3.8) is 0 Å². The number of nitrogens with one attached hydrogen (secondary N) is 1. The van der Waals surface area contributed by atoms with Crippen LogP contribution in [0.15, 0.2) is 48.5 Å². The van der Waals surface area contributed by atoms with Crippen LogP contribution in [-0.2, 0) is 22.7 Å². The molecule has 3 amide bonds. The molecule has 2 aromatic rings. The van der Waals surface area contributed by atoms with E-state index < -0.39 is 0 Å². The van der Waals surface area contributed by atoms with Crippen LogP contribution in [-0.4, -0.2) is 53.8 Å². The summed E-state index contributed by atoms with van der Waals surface area (Å²) in [6.45, 7) is 1.38. The summed E-state index contributed by atoms with van der Waals surface area (Å²) in [5, 5.41) is 2.91. The second kappa shape index (κ2) is 8.57. The lowest BCUT2D eigenvalue weighted by molar-refractivity contribution is -0.154. The van der Waals surface area contributed by atoms with Gasteiger partial charge in [0, 0.05) is 30.8 Å². The van der Waals surface area contributed by atoms with E-state index in [1.165, 1.54) is 0 Å². The number of piperazine rings is 1. The van der Waals surface area contributed by atoms with E-state index in [2.05, 4.69) is 5.32 Å². The van der Waals surface area contributed by atoms with Crippen LogP contribution in [0.1, 0.15) is 34.3 Å². The van der Waals surface area contributed by atoms with Gasteiger partial charge >= 0.3 is 0 Å². The number of amides is 3. The molecule has 2 fully saturated rings. The first-order valence-electron chi connectivity index (χ1n) is 10.1. The van der Waals surface area contributed by atoms with Gasteiger partial charge in [0.25, 0.3) is 5.91 Å². The topological polar surface area (TPSA) is 79.0 Å². The van der Waals surface area contributed by atoms with E-state index in [9.17, 15) is 14.4 Å². The molecule has 7 heteroatoms. The number of carbonyl (C=O) groups is 3. The van der Waals surface area contributed by atoms with Crippen LogP contribution >= 0.6 is 0 Å². The first kappa shape index (κ1) is 19.9. The van der Waals surface area contributed by atoms with Gasteiger partial charge in [0.1, 0.15) is 18.3 Å².